The molecule has 102 valence electrons. The lowest BCUT2D eigenvalue weighted by molar-refractivity contribution is 0.231. The summed E-state index contributed by atoms with van der Waals surface area (Å²) >= 11 is 2.05. The molecule has 17 heavy (non-hydrogen) atoms. The fraction of sp³-hybridized carbons (Fsp3) is 1.00. The first-order chi connectivity index (χ1) is 7.93. The Morgan fingerprint density at radius 1 is 1.29 bits per heavy atom. The van der Waals surface area contributed by atoms with E-state index in [9.17, 15) is 0 Å². The van der Waals surface area contributed by atoms with Crippen LogP contribution in [0.1, 0.15) is 41.0 Å². The Bertz CT molecular complexity index is 222. The summed E-state index contributed by atoms with van der Waals surface area (Å²) in [5.41, 5.74) is 6.21. The summed E-state index contributed by atoms with van der Waals surface area (Å²) in [5, 5.41) is 4.46. The van der Waals surface area contributed by atoms with Gasteiger partial charge in [-0.2, -0.15) is 11.8 Å². The molecule has 0 radical (unpaired) electrons. The van der Waals surface area contributed by atoms with Crippen molar-refractivity contribution in [2.75, 3.05) is 18.8 Å². The third-order valence-corrected chi connectivity index (χ3v) is 5.85. The van der Waals surface area contributed by atoms with Crippen LogP contribution in [0.4, 0.5) is 0 Å². The van der Waals surface area contributed by atoms with Gasteiger partial charge in [-0.1, -0.05) is 34.6 Å². The fourth-order valence-corrected chi connectivity index (χ4v) is 4.37. The van der Waals surface area contributed by atoms with Crippen molar-refractivity contribution < 1.29 is 0 Å². The number of nitrogens with two attached hydrogens (primary N) is 1. The third kappa shape index (κ3) is 3.62. The average molecular weight is 258 g/mol. The fourth-order valence-electron chi connectivity index (χ4n) is 2.92. The molecular weight excluding hydrogens is 228 g/mol. The zero-order chi connectivity index (χ0) is 13.1. The highest BCUT2D eigenvalue weighted by molar-refractivity contribution is 8.00. The number of rotatable bonds is 6. The molecule has 0 spiro atoms. The van der Waals surface area contributed by atoms with E-state index in [-0.39, 0.29) is 5.54 Å². The van der Waals surface area contributed by atoms with Crippen molar-refractivity contribution in [2.45, 2.75) is 51.8 Å². The Morgan fingerprint density at radius 2 is 1.88 bits per heavy atom. The van der Waals surface area contributed by atoms with Crippen molar-refractivity contribution in [1.82, 2.24) is 5.32 Å². The van der Waals surface area contributed by atoms with Crippen molar-refractivity contribution in [1.29, 1.82) is 0 Å². The maximum Gasteiger partial charge on any atom is 0.0429 e. The lowest BCUT2D eigenvalue weighted by Crippen LogP contribution is -2.56. The highest BCUT2D eigenvalue weighted by Gasteiger charge is 2.39. The summed E-state index contributed by atoms with van der Waals surface area (Å²) in [7, 11) is 0. The summed E-state index contributed by atoms with van der Waals surface area (Å²) in [6.45, 7) is 13.5. The molecule has 1 saturated heterocycles. The van der Waals surface area contributed by atoms with Gasteiger partial charge in [0, 0.05) is 17.3 Å². The van der Waals surface area contributed by atoms with Gasteiger partial charge in [-0.25, -0.2) is 0 Å². The first kappa shape index (κ1) is 15.3. The van der Waals surface area contributed by atoms with E-state index in [1.165, 1.54) is 12.2 Å². The van der Waals surface area contributed by atoms with Gasteiger partial charge in [0.2, 0.25) is 0 Å². The lowest BCUT2D eigenvalue weighted by Gasteiger charge is -2.36. The Morgan fingerprint density at radius 3 is 2.24 bits per heavy atom. The van der Waals surface area contributed by atoms with Gasteiger partial charge in [-0.3, -0.25) is 0 Å². The largest absolute Gasteiger partial charge is 0.329 e. The molecule has 0 saturated carbocycles. The van der Waals surface area contributed by atoms with E-state index in [1.807, 2.05) is 0 Å². The van der Waals surface area contributed by atoms with Crippen LogP contribution in [0.25, 0.3) is 0 Å². The standard InChI is InChI=1S/C14H30N2S/c1-10(2)13(11(3)4)8-16-14(9-15)6-7-17-12(14)5/h10-13,16H,6-9,15H2,1-5H3. The van der Waals surface area contributed by atoms with Crippen LogP contribution in [0.15, 0.2) is 0 Å². The van der Waals surface area contributed by atoms with Gasteiger partial charge in [0.05, 0.1) is 0 Å². The van der Waals surface area contributed by atoms with E-state index < -0.39 is 0 Å². The maximum atomic E-state index is 6.02. The molecule has 0 aliphatic carbocycles. The normalized spacial score (nSPS) is 29.8. The Balaban J connectivity index is 2.57. The Kier molecular flexibility index (Phi) is 5.81. The van der Waals surface area contributed by atoms with E-state index in [2.05, 4.69) is 51.7 Å². The van der Waals surface area contributed by atoms with Gasteiger partial charge in [0.1, 0.15) is 0 Å². The van der Waals surface area contributed by atoms with E-state index >= 15 is 0 Å². The van der Waals surface area contributed by atoms with Gasteiger partial charge in [-0.05, 0) is 36.5 Å². The van der Waals surface area contributed by atoms with Gasteiger partial charge in [0.15, 0.2) is 0 Å². The van der Waals surface area contributed by atoms with Gasteiger partial charge in [-0.15, -0.1) is 0 Å². The highest BCUT2D eigenvalue weighted by atomic mass is 32.2. The van der Waals surface area contributed by atoms with Crippen LogP contribution in [0.2, 0.25) is 0 Å². The van der Waals surface area contributed by atoms with Crippen LogP contribution in [0.5, 0.6) is 0 Å². The van der Waals surface area contributed by atoms with Crippen LogP contribution in [-0.4, -0.2) is 29.6 Å². The molecule has 2 nitrogen and oxygen atoms in total. The topological polar surface area (TPSA) is 38.0 Å². The lowest BCUT2D eigenvalue weighted by atomic mass is 9.84. The second kappa shape index (κ2) is 6.44. The number of hydrogen-bond donors (Lipinski definition) is 2. The quantitative estimate of drug-likeness (QED) is 0.769. The van der Waals surface area contributed by atoms with Crippen molar-refractivity contribution in [3.05, 3.63) is 0 Å². The third-order valence-electron chi connectivity index (χ3n) is 4.46. The second-order valence-corrected chi connectivity index (χ2v) is 7.60. The monoisotopic (exact) mass is 258 g/mol. The summed E-state index contributed by atoms with van der Waals surface area (Å²) < 4.78 is 0. The van der Waals surface area contributed by atoms with E-state index in [0.29, 0.717) is 5.25 Å². The molecule has 1 heterocycles. The molecule has 2 unspecified atom stereocenters. The van der Waals surface area contributed by atoms with E-state index in [0.717, 1.165) is 30.8 Å². The summed E-state index contributed by atoms with van der Waals surface area (Å²) in [6, 6.07) is 0. The summed E-state index contributed by atoms with van der Waals surface area (Å²) in [5.74, 6) is 3.47. The summed E-state index contributed by atoms with van der Waals surface area (Å²) in [6.07, 6.45) is 1.22. The molecule has 3 N–H and O–H groups in total. The predicted octanol–water partition coefficient (Wildman–Crippen LogP) is 2.73. The first-order valence-corrected chi connectivity index (χ1v) is 8.04. The van der Waals surface area contributed by atoms with Crippen LogP contribution < -0.4 is 11.1 Å². The zero-order valence-corrected chi connectivity index (χ0v) is 12.9. The first-order valence-electron chi connectivity index (χ1n) is 6.99. The average Bonchev–Trinajstić information content (AvgIpc) is 2.60. The predicted molar refractivity (Wildman–Crippen MR) is 79.5 cm³/mol. The molecule has 3 heteroatoms. The van der Waals surface area contributed by atoms with Crippen LogP contribution in [0, 0.1) is 17.8 Å². The van der Waals surface area contributed by atoms with E-state index in [4.69, 9.17) is 5.73 Å². The minimum Gasteiger partial charge on any atom is -0.329 e. The van der Waals surface area contributed by atoms with Gasteiger partial charge in [0.25, 0.3) is 0 Å². The summed E-state index contributed by atoms with van der Waals surface area (Å²) in [4.78, 5) is 0. The van der Waals surface area contributed by atoms with Gasteiger partial charge < -0.3 is 11.1 Å². The van der Waals surface area contributed by atoms with Crippen LogP contribution in [0.3, 0.4) is 0 Å². The molecule has 0 aromatic heterocycles. The Hall–Kier alpha value is 0.270. The van der Waals surface area contributed by atoms with Crippen LogP contribution >= 0.6 is 11.8 Å². The smallest absolute Gasteiger partial charge is 0.0429 e. The maximum absolute atomic E-state index is 6.02. The molecule has 0 bridgehead atoms. The van der Waals surface area contributed by atoms with Crippen LogP contribution in [-0.2, 0) is 0 Å². The molecule has 0 aromatic carbocycles. The molecular formula is C14H30N2S. The zero-order valence-electron chi connectivity index (χ0n) is 12.1. The minimum atomic E-state index is 0.187. The SMILES string of the molecule is CC(C)C(CNC1(CN)CCSC1C)C(C)C. The number of thioether (sulfide) groups is 1. The van der Waals surface area contributed by atoms with Crippen molar-refractivity contribution in [3.63, 3.8) is 0 Å². The Labute approximate surface area is 111 Å². The molecule has 2 atom stereocenters. The number of hydrogen-bond acceptors (Lipinski definition) is 3. The molecule has 1 rings (SSSR count). The number of nitrogens with one attached hydrogen (secondary N) is 1. The van der Waals surface area contributed by atoms with Crippen molar-refractivity contribution >= 4 is 11.8 Å². The second-order valence-electron chi connectivity index (χ2n) is 6.16. The van der Waals surface area contributed by atoms with E-state index in [1.54, 1.807) is 0 Å². The highest BCUT2D eigenvalue weighted by Crippen LogP contribution is 2.35. The molecule has 0 amide bonds. The van der Waals surface area contributed by atoms with Gasteiger partial charge >= 0.3 is 0 Å². The molecule has 1 aliphatic rings. The minimum absolute atomic E-state index is 0.187. The van der Waals surface area contributed by atoms with Crippen molar-refractivity contribution in [3.8, 4) is 0 Å². The molecule has 0 aromatic rings. The van der Waals surface area contributed by atoms with Crippen molar-refractivity contribution in [2.24, 2.45) is 23.5 Å². The molecule has 1 aliphatic heterocycles. The molecule has 1 fully saturated rings.